The van der Waals surface area contributed by atoms with Gasteiger partial charge in [0.25, 0.3) is 0 Å². The first-order valence-corrected chi connectivity index (χ1v) is 9.87. The van der Waals surface area contributed by atoms with Crippen molar-refractivity contribution in [2.45, 2.75) is 44.6 Å². The highest BCUT2D eigenvalue weighted by Gasteiger charge is 2.25. The highest BCUT2D eigenvalue weighted by Crippen LogP contribution is 2.27. The largest absolute Gasteiger partial charge is 0.385 e. The summed E-state index contributed by atoms with van der Waals surface area (Å²) in [5, 5.41) is 6.97. The van der Waals surface area contributed by atoms with Crippen molar-refractivity contribution in [1.82, 2.24) is 20.4 Å². The molecule has 0 aromatic rings. The minimum absolute atomic E-state index is 0.579. The second kappa shape index (κ2) is 13.4. The molecule has 1 rings (SSSR count). The molecule has 1 aliphatic rings. The molecule has 1 fully saturated rings. The molecule has 0 aliphatic heterocycles. The summed E-state index contributed by atoms with van der Waals surface area (Å²) in [6.45, 7) is 4.75. The minimum atomic E-state index is 0.579. The Hall–Kier alpha value is -0.850. The van der Waals surface area contributed by atoms with Gasteiger partial charge in [0.15, 0.2) is 5.96 Å². The van der Waals surface area contributed by atoms with Gasteiger partial charge in [-0.2, -0.15) is 0 Å². The van der Waals surface area contributed by atoms with Gasteiger partial charge in [0, 0.05) is 53.0 Å². The molecule has 25 heavy (non-hydrogen) atoms. The number of rotatable bonds is 11. The van der Waals surface area contributed by atoms with Gasteiger partial charge in [-0.3, -0.25) is 4.99 Å². The van der Waals surface area contributed by atoms with Crippen molar-refractivity contribution in [2.24, 2.45) is 10.9 Å². The normalized spacial score (nSPS) is 18.0. The van der Waals surface area contributed by atoms with Crippen LogP contribution in [0, 0.1) is 5.92 Å². The van der Waals surface area contributed by atoms with Gasteiger partial charge in [0.1, 0.15) is 0 Å². The number of ether oxygens (including phenoxy) is 1. The lowest BCUT2D eigenvalue weighted by molar-refractivity contribution is 0.171. The first-order valence-electron chi connectivity index (χ1n) is 9.87. The van der Waals surface area contributed by atoms with E-state index in [4.69, 9.17) is 4.74 Å². The Kier molecular flexibility index (Phi) is 11.9. The number of nitrogens with zero attached hydrogens (tertiary/aromatic N) is 3. The van der Waals surface area contributed by atoms with E-state index in [-0.39, 0.29) is 0 Å². The lowest BCUT2D eigenvalue weighted by atomic mass is 9.83. The van der Waals surface area contributed by atoms with Crippen molar-refractivity contribution in [1.29, 1.82) is 0 Å². The number of hydrogen-bond acceptors (Lipinski definition) is 4. The summed E-state index contributed by atoms with van der Waals surface area (Å²) in [5.41, 5.74) is 0. The molecular weight excluding hydrogens is 314 g/mol. The van der Waals surface area contributed by atoms with E-state index in [0.29, 0.717) is 6.04 Å². The van der Waals surface area contributed by atoms with E-state index in [1.165, 1.54) is 32.1 Å². The quantitative estimate of drug-likeness (QED) is 0.335. The van der Waals surface area contributed by atoms with Crippen LogP contribution in [0.3, 0.4) is 0 Å². The van der Waals surface area contributed by atoms with Crippen LogP contribution < -0.4 is 10.6 Å². The van der Waals surface area contributed by atoms with Crippen molar-refractivity contribution in [3.05, 3.63) is 0 Å². The summed E-state index contributed by atoms with van der Waals surface area (Å²) in [4.78, 5) is 9.07. The molecular formula is C19H41N5O. The molecule has 0 saturated heterocycles. The van der Waals surface area contributed by atoms with Gasteiger partial charge >= 0.3 is 0 Å². The maximum Gasteiger partial charge on any atom is 0.191 e. The van der Waals surface area contributed by atoms with E-state index in [2.05, 4.69) is 46.6 Å². The minimum Gasteiger partial charge on any atom is -0.385 e. The number of hydrogen-bond donors (Lipinski definition) is 2. The van der Waals surface area contributed by atoms with Crippen LogP contribution in [-0.2, 0) is 4.74 Å². The molecule has 0 spiro atoms. The number of nitrogens with one attached hydrogen (secondary N) is 2. The highest BCUT2D eigenvalue weighted by atomic mass is 16.5. The fraction of sp³-hybridized carbons (Fsp3) is 0.947. The van der Waals surface area contributed by atoms with Gasteiger partial charge in [-0.25, -0.2) is 0 Å². The summed E-state index contributed by atoms with van der Waals surface area (Å²) in [6.07, 6.45) is 7.98. The summed E-state index contributed by atoms with van der Waals surface area (Å²) in [6, 6.07) is 0.579. The van der Waals surface area contributed by atoms with Crippen LogP contribution in [0.25, 0.3) is 0 Å². The van der Waals surface area contributed by atoms with Crippen molar-refractivity contribution in [3.8, 4) is 0 Å². The van der Waals surface area contributed by atoms with E-state index in [1.54, 1.807) is 7.11 Å². The second-order valence-electron chi connectivity index (χ2n) is 7.46. The maximum atomic E-state index is 5.10. The zero-order valence-electron chi connectivity index (χ0n) is 17.2. The molecule has 0 heterocycles. The first-order chi connectivity index (χ1) is 12.1. The lowest BCUT2D eigenvalue weighted by Gasteiger charge is -2.35. The standard InChI is InChI=1S/C19H41N5O/c1-20-19(21-12-14-24(4)13-9-15-25-5)22-16-18(23(2)3)17-10-7-6-8-11-17/h17-18H,6-16H2,1-5H3,(H2,20,21,22). The van der Waals surface area contributed by atoms with Gasteiger partial charge in [0.2, 0.25) is 0 Å². The third-order valence-corrected chi connectivity index (χ3v) is 5.23. The van der Waals surface area contributed by atoms with Crippen molar-refractivity contribution >= 4 is 5.96 Å². The third kappa shape index (κ3) is 9.42. The van der Waals surface area contributed by atoms with E-state index in [9.17, 15) is 0 Å². The second-order valence-corrected chi connectivity index (χ2v) is 7.46. The predicted molar refractivity (Wildman–Crippen MR) is 107 cm³/mol. The molecule has 1 atom stereocenters. The molecule has 1 aliphatic carbocycles. The van der Waals surface area contributed by atoms with Crippen molar-refractivity contribution in [3.63, 3.8) is 0 Å². The zero-order chi connectivity index (χ0) is 18.5. The SMILES string of the molecule is CN=C(NCCN(C)CCCOC)NCC(C1CCCCC1)N(C)C. The molecule has 0 bridgehead atoms. The van der Waals surface area contributed by atoms with Gasteiger partial charge in [-0.1, -0.05) is 19.3 Å². The van der Waals surface area contributed by atoms with Gasteiger partial charge in [-0.15, -0.1) is 0 Å². The third-order valence-electron chi connectivity index (χ3n) is 5.23. The van der Waals surface area contributed by atoms with Crippen LogP contribution in [0.15, 0.2) is 4.99 Å². The molecule has 0 radical (unpaired) electrons. The number of methoxy groups -OCH3 is 1. The summed E-state index contributed by atoms with van der Waals surface area (Å²) < 4.78 is 5.10. The van der Waals surface area contributed by atoms with E-state index < -0.39 is 0 Å². The van der Waals surface area contributed by atoms with Gasteiger partial charge in [0.05, 0.1) is 0 Å². The van der Waals surface area contributed by atoms with Crippen molar-refractivity contribution < 1.29 is 4.74 Å². The fourth-order valence-electron chi connectivity index (χ4n) is 3.67. The summed E-state index contributed by atoms with van der Waals surface area (Å²) in [5.74, 6) is 1.72. The molecule has 0 aromatic heterocycles. The highest BCUT2D eigenvalue weighted by molar-refractivity contribution is 5.79. The van der Waals surface area contributed by atoms with Crippen LogP contribution in [0.2, 0.25) is 0 Å². The van der Waals surface area contributed by atoms with E-state index >= 15 is 0 Å². The molecule has 0 amide bonds. The average molecular weight is 356 g/mol. The molecule has 6 nitrogen and oxygen atoms in total. The Morgan fingerprint density at radius 2 is 1.84 bits per heavy atom. The molecule has 0 aromatic carbocycles. The number of likely N-dealkylation sites (N-methyl/N-ethyl adjacent to an activating group) is 2. The van der Waals surface area contributed by atoms with Crippen LogP contribution in [0.1, 0.15) is 38.5 Å². The van der Waals surface area contributed by atoms with Crippen molar-refractivity contribution in [2.75, 3.05) is 68.1 Å². The van der Waals surface area contributed by atoms with Crippen LogP contribution in [-0.4, -0.2) is 89.9 Å². The topological polar surface area (TPSA) is 52.1 Å². The first kappa shape index (κ1) is 22.2. The average Bonchev–Trinajstić information content (AvgIpc) is 2.61. The summed E-state index contributed by atoms with van der Waals surface area (Å²) in [7, 11) is 10.2. The van der Waals surface area contributed by atoms with Gasteiger partial charge in [-0.05, 0) is 46.3 Å². The van der Waals surface area contributed by atoms with Gasteiger partial charge < -0.3 is 25.2 Å². The Morgan fingerprint density at radius 3 is 2.44 bits per heavy atom. The molecule has 1 unspecified atom stereocenters. The lowest BCUT2D eigenvalue weighted by Crippen LogP contribution is -2.49. The monoisotopic (exact) mass is 355 g/mol. The predicted octanol–water partition coefficient (Wildman–Crippen LogP) is 1.63. The maximum absolute atomic E-state index is 5.10. The Morgan fingerprint density at radius 1 is 1.12 bits per heavy atom. The molecule has 148 valence electrons. The Balaban J connectivity index is 2.29. The van der Waals surface area contributed by atoms with Crippen LogP contribution in [0.4, 0.5) is 0 Å². The smallest absolute Gasteiger partial charge is 0.191 e. The Labute approximate surface area is 155 Å². The Bertz CT molecular complexity index is 356. The summed E-state index contributed by atoms with van der Waals surface area (Å²) >= 11 is 0. The molecule has 6 heteroatoms. The molecule has 2 N–H and O–H groups in total. The van der Waals surface area contributed by atoms with E-state index in [0.717, 1.165) is 51.1 Å². The van der Waals surface area contributed by atoms with Crippen LogP contribution >= 0.6 is 0 Å². The zero-order valence-corrected chi connectivity index (χ0v) is 17.2. The number of guanidine groups is 1. The van der Waals surface area contributed by atoms with Crippen LogP contribution in [0.5, 0.6) is 0 Å². The van der Waals surface area contributed by atoms with E-state index in [1.807, 2.05) is 7.05 Å². The molecule has 1 saturated carbocycles. The fourth-order valence-corrected chi connectivity index (χ4v) is 3.67. The number of aliphatic imine (C=N–C) groups is 1.